The Hall–Kier alpha value is -1.76. The van der Waals surface area contributed by atoms with E-state index in [2.05, 4.69) is 10.6 Å². The number of nitro benzene ring substituents is 1. The second kappa shape index (κ2) is 5.26. The Balaban J connectivity index is 2.17. The molecule has 5 nitrogen and oxygen atoms in total. The topological polar surface area (TPSA) is 67.2 Å². The molecule has 1 aromatic carbocycles. The largest absolute Gasteiger partial charge is 0.376 e. The molecular formula is C11H13F2N3O2. The van der Waals surface area contributed by atoms with Crippen molar-refractivity contribution in [2.45, 2.75) is 18.9 Å². The second-order valence-electron chi connectivity index (χ2n) is 4.21. The average molecular weight is 257 g/mol. The maximum Gasteiger partial charge on any atom is 0.298 e. The Morgan fingerprint density at radius 3 is 2.89 bits per heavy atom. The maximum atomic E-state index is 13.5. The molecule has 0 radical (unpaired) electrons. The van der Waals surface area contributed by atoms with Crippen molar-refractivity contribution < 1.29 is 13.7 Å². The van der Waals surface area contributed by atoms with Crippen LogP contribution in [0.4, 0.5) is 20.2 Å². The minimum absolute atomic E-state index is 0.161. The molecule has 1 aliphatic heterocycles. The van der Waals surface area contributed by atoms with Gasteiger partial charge in [-0.05, 0) is 19.4 Å². The molecule has 1 aliphatic rings. The van der Waals surface area contributed by atoms with Gasteiger partial charge < -0.3 is 10.6 Å². The molecule has 0 spiro atoms. The Morgan fingerprint density at radius 2 is 2.28 bits per heavy atom. The molecule has 1 aromatic rings. The highest BCUT2D eigenvalue weighted by molar-refractivity contribution is 5.62. The lowest BCUT2D eigenvalue weighted by atomic mass is 10.2. The van der Waals surface area contributed by atoms with Crippen LogP contribution in [0.1, 0.15) is 12.8 Å². The molecule has 98 valence electrons. The molecule has 18 heavy (non-hydrogen) atoms. The molecule has 2 rings (SSSR count). The van der Waals surface area contributed by atoms with E-state index in [4.69, 9.17) is 0 Å². The van der Waals surface area contributed by atoms with Crippen LogP contribution in [-0.4, -0.2) is 24.1 Å². The van der Waals surface area contributed by atoms with Crippen LogP contribution in [0, 0.1) is 21.7 Å². The monoisotopic (exact) mass is 257 g/mol. The van der Waals surface area contributed by atoms with Crippen molar-refractivity contribution in [1.29, 1.82) is 0 Å². The average Bonchev–Trinajstić information content (AvgIpc) is 2.79. The summed E-state index contributed by atoms with van der Waals surface area (Å²) < 4.78 is 26.4. The Morgan fingerprint density at radius 1 is 1.50 bits per heavy atom. The highest BCUT2D eigenvalue weighted by Crippen LogP contribution is 2.28. The molecule has 2 N–H and O–H groups in total. The van der Waals surface area contributed by atoms with Crippen LogP contribution in [0.25, 0.3) is 0 Å². The predicted octanol–water partition coefficient (Wildman–Crippen LogP) is 2.04. The van der Waals surface area contributed by atoms with E-state index < -0.39 is 22.2 Å². The summed E-state index contributed by atoms with van der Waals surface area (Å²) in [5.74, 6) is -1.90. The van der Waals surface area contributed by atoms with Gasteiger partial charge in [-0.2, -0.15) is 0 Å². The van der Waals surface area contributed by atoms with E-state index in [1.807, 2.05) is 0 Å². The van der Waals surface area contributed by atoms with Crippen LogP contribution in [0.5, 0.6) is 0 Å². The number of hydrogen-bond acceptors (Lipinski definition) is 4. The van der Waals surface area contributed by atoms with Gasteiger partial charge in [-0.3, -0.25) is 10.1 Å². The molecule has 0 aromatic heterocycles. The number of anilines is 1. The number of rotatable bonds is 4. The van der Waals surface area contributed by atoms with Crippen molar-refractivity contribution >= 4 is 11.4 Å². The number of halogens is 2. The van der Waals surface area contributed by atoms with Gasteiger partial charge in [0, 0.05) is 18.7 Å². The first-order valence-corrected chi connectivity index (χ1v) is 5.68. The molecule has 1 saturated heterocycles. The summed E-state index contributed by atoms with van der Waals surface area (Å²) in [6.07, 6.45) is 1.96. The lowest BCUT2D eigenvalue weighted by Crippen LogP contribution is -2.29. The van der Waals surface area contributed by atoms with Crippen LogP contribution in [-0.2, 0) is 0 Å². The number of nitrogens with one attached hydrogen (secondary N) is 2. The molecule has 1 unspecified atom stereocenters. The van der Waals surface area contributed by atoms with E-state index in [0.29, 0.717) is 18.7 Å². The summed E-state index contributed by atoms with van der Waals surface area (Å²) >= 11 is 0. The SMILES string of the molecule is O=[N+]([O-])c1cc(F)cc(F)c1NCC1CCCN1. The molecule has 0 saturated carbocycles. The van der Waals surface area contributed by atoms with Crippen LogP contribution < -0.4 is 10.6 Å². The molecule has 0 amide bonds. The first-order valence-electron chi connectivity index (χ1n) is 5.68. The van der Waals surface area contributed by atoms with Crippen molar-refractivity contribution in [3.63, 3.8) is 0 Å². The quantitative estimate of drug-likeness (QED) is 0.639. The lowest BCUT2D eigenvalue weighted by Gasteiger charge is -2.13. The molecule has 1 fully saturated rings. The fraction of sp³-hybridized carbons (Fsp3) is 0.455. The summed E-state index contributed by atoms with van der Waals surface area (Å²) in [5, 5.41) is 16.6. The summed E-state index contributed by atoms with van der Waals surface area (Å²) in [6, 6.07) is 1.51. The van der Waals surface area contributed by atoms with Gasteiger partial charge in [0.1, 0.15) is 11.5 Å². The van der Waals surface area contributed by atoms with Gasteiger partial charge in [0.2, 0.25) is 0 Å². The van der Waals surface area contributed by atoms with E-state index in [1.54, 1.807) is 0 Å². The molecule has 1 atom stereocenters. The Bertz CT molecular complexity index is 462. The standard InChI is InChI=1S/C11H13F2N3O2/c12-7-4-9(13)11(10(5-7)16(17)18)15-6-8-2-1-3-14-8/h4-5,8,14-15H,1-3,6H2. The Kier molecular flexibility index (Phi) is 3.71. The van der Waals surface area contributed by atoms with Crippen LogP contribution in [0.3, 0.4) is 0 Å². The zero-order chi connectivity index (χ0) is 13.1. The molecule has 1 heterocycles. The number of hydrogen-bond donors (Lipinski definition) is 2. The first-order chi connectivity index (χ1) is 8.58. The smallest absolute Gasteiger partial charge is 0.298 e. The van der Waals surface area contributed by atoms with Gasteiger partial charge in [0.05, 0.1) is 11.0 Å². The van der Waals surface area contributed by atoms with Gasteiger partial charge >= 0.3 is 0 Å². The first kappa shape index (κ1) is 12.7. The van der Waals surface area contributed by atoms with Gasteiger partial charge in [-0.1, -0.05) is 0 Å². The highest BCUT2D eigenvalue weighted by atomic mass is 19.1. The molecular weight excluding hydrogens is 244 g/mol. The van der Waals surface area contributed by atoms with Crippen molar-refractivity contribution in [1.82, 2.24) is 5.32 Å². The molecule has 7 heteroatoms. The van der Waals surface area contributed by atoms with Gasteiger partial charge in [0.15, 0.2) is 5.82 Å². The molecule has 0 aliphatic carbocycles. The van der Waals surface area contributed by atoms with Crippen molar-refractivity contribution in [2.75, 3.05) is 18.4 Å². The number of benzene rings is 1. The third-order valence-corrected chi connectivity index (χ3v) is 2.92. The number of nitro groups is 1. The van der Waals surface area contributed by atoms with Gasteiger partial charge in [-0.25, -0.2) is 8.78 Å². The third kappa shape index (κ3) is 2.73. The minimum atomic E-state index is -0.955. The third-order valence-electron chi connectivity index (χ3n) is 2.92. The van der Waals surface area contributed by atoms with E-state index in [9.17, 15) is 18.9 Å². The summed E-state index contributed by atoms with van der Waals surface area (Å²) in [5.41, 5.74) is -0.833. The predicted molar refractivity (Wildman–Crippen MR) is 62.5 cm³/mol. The lowest BCUT2D eigenvalue weighted by molar-refractivity contribution is -0.384. The zero-order valence-corrected chi connectivity index (χ0v) is 9.58. The van der Waals surface area contributed by atoms with Crippen molar-refractivity contribution in [2.24, 2.45) is 0 Å². The second-order valence-corrected chi connectivity index (χ2v) is 4.21. The summed E-state index contributed by atoms with van der Waals surface area (Å²) in [7, 11) is 0. The fourth-order valence-corrected chi connectivity index (χ4v) is 2.04. The summed E-state index contributed by atoms with van der Waals surface area (Å²) in [6.45, 7) is 1.27. The van der Waals surface area contributed by atoms with Crippen molar-refractivity contribution in [3.05, 3.63) is 33.9 Å². The van der Waals surface area contributed by atoms with Gasteiger partial charge in [0.25, 0.3) is 5.69 Å². The minimum Gasteiger partial charge on any atom is -0.376 e. The van der Waals surface area contributed by atoms with E-state index in [-0.39, 0.29) is 11.7 Å². The molecule has 0 bridgehead atoms. The fourth-order valence-electron chi connectivity index (χ4n) is 2.04. The maximum absolute atomic E-state index is 13.5. The van der Waals surface area contributed by atoms with Crippen LogP contribution in [0.2, 0.25) is 0 Å². The summed E-state index contributed by atoms with van der Waals surface area (Å²) in [4.78, 5) is 9.94. The normalized spacial score (nSPS) is 18.9. The van der Waals surface area contributed by atoms with Gasteiger partial charge in [-0.15, -0.1) is 0 Å². The van der Waals surface area contributed by atoms with Crippen LogP contribution in [0.15, 0.2) is 12.1 Å². The van der Waals surface area contributed by atoms with E-state index in [0.717, 1.165) is 19.4 Å². The zero-order valence-electron chi connectivity index (χ0n) is 9.58. The van der Waals surface area contributed by atoms with Crippen molar-refractivity contribution in [3.8, 4) is 0 Å². The van der Waals surface area contributed by atoms with E-state index in [1.165, 1.54) is 0 Å². The number of nitrogens with zero attached hydrogens (tertiary/aromatic N) is 1. The van der Waals surface area contributed by atoms with E-state index >= 15 is 0 Å². The van der Waals surface area contributed by atoms with Crippen LogP contribution >= 0.6 is 0 Å². The highest BCUT2D eigenvalue weighted by Gasteiger charge is 2.22. The Labute approximate surface area is 102 Å².